The van der Waals surface area contributed by atoms with Crippen LogP contribution < -0.4 is 10.2 Å². The van der Waals surface area contributed by atoms with E-state index in [4.69, 9.17) is 23.2 Å². The van der Waals surface area contributed by atoms with E-state index in [-0.39, 0.29) is 5.54 Å². The molecule has 1 heterocycles. The fourth-order valence-electron chi connectivity index (χ4n) is 2.26. The van der Waals surface area contributed by atoms with Crippen LogP contribution in [0.1, 0.15) is 18.9 Å². The van der Waals surface area contributed by atoms with Crippen LogP contribution in [-0.2, 0) is 5.54 Å². The van der Waals surface area contributed by atoms with Crippen LogP contribution in [0.5, 0.6) is 0 Å². The molecule has 0 radical (unpaired) electrons. The first-order chi connectivity index (χ1) is 7.49. The highest BCUT2D eigenvalue weighted by atomic mass is 35.5. The molecule has 1 aromatic carbocycles. The Labute approximate surface area is 107 Å². The molecule has 0 amide bonds. The van der Waals surface area contributed by atoms with Gasteiger partial charge in [0.1, 0.15) is 0 Å². The molecule has 1 atom stereocenters. The maximum absolute atomic E-state index is 6.29. The zero-order valence-corrected chi connectivity index (χ0v) is 11.3. The summed E-state index contributed by atoms with van der Waals surface area (Å²) in [5.74, 6) is 0. The predicted molar refractivity (Wildman–Crippen MR) is 70.8 cm³/mol. The summed E-state index contributed by atoms with van der Waals surface area (Å²) in [5.41, 5.74) is 2.26. The average Bonchev–Trinajstić information content (AvgIpc) is 2.28. The normalized spacial score (nSPS) is 24.4. The Morgan fingerprint density at radius 3 is 2.69 bits per heavy atom. The standard InChI is InChI=1S/C12H16Cl2N2/c1-12(15-2)6-7-16(3)11-8(12)4-5-9(13)10(11)14/h4-5,15H,6-7H2,1-3H3. The second kappa shape index (κ2) is 4.10. The van der Waals surface area contributed by atoms with Crippen molar-refractivity contribution in [2.45, 2.75) is 18.9 Å². The van der Waals surface area contributed by atoms with Gasteiger partial charge in [0, 0.05) is 19.1 Å². The third-order valence-electron chi connectivity index (χ3n) is 3.54. The smallest absolute Gasteiger partial charge is 0.0829 e. The Bertz CT molecular complexity index is 420. The Morgan fingerprint density at radius 2 is 2.06 bits per heavy atom. The van der Waals surface area contributed by atoms with Gasteiger partial charge in [0.2, 0.25) is 0 Å². The van der Waals surface area contributed by atoms with Gasteiger partial charge in [-0.3, -0.25) is 0 Å². The quantitative estimate of drug-likeness (QED) is 0.832. The first kappa shape index (κ1) is 12.0. The SMILES string of the molecule is CNC1(C)CCN(C)c2c1ccc(Cl)c2Cl. The number of nitrogens with zero attached hydrogens (tertiary/aromatic N) is 1. The van der Waals surface area contributed by atoms with E-state index in [2.05, 4.69) is 30.3 Å². The molecule has 88 valence electrons. The van der Waals surface area contributed by atoms with Crippen LogP contribution in [0.3, 0.4) is 0 Å². The molecule has 0 saturated carbocycles. The van der Waals surface area contributed by atoms with Crippen molar-refractivity contribution in [1.29, 1.82) is 0 Å². The van der Waals surface area contributed by atoms with Crippen LogP contribution in [0.15, 0.2) is 12.1 Å². The summed E-state index contributed by atoms with van der Waals surface area (Å²) in [7, 11) is 4.04. The Hall–Kier alpha value is -0.440. The Morgan fingerprint density at radius 1 is 1.38 bits per heavy atom. The maximum Gasteiger partial charge on any atom is 0.0829 e. The number of nitrogens with one attached hydrogen (secondary N) is 1. The van der Waals surface area contributed by atoms with Gasteiger partial charge in [-0.15, -0.1) is 0 Å². The second-order valence-electron chi connectivity index (χ2n) is 4.51. The van der Waals surface area contributed by atoms with Crippen LogP contribution in [-0.4, -0.2) is 20.6 Å². The molecule has 0 bridgehead atoms. The largest absolute Gasteiger partial charge is 0.373 e. The maximum atomic E-state index is 6.29. The van der Waals surface area contributed by atoms with E-state index < -0.39 is 0 Å². The van der Waals surface area contributed by atoms with Gasteiger partial charge in [0.05, 0.1) is 15.7 Å². The summed E-state index contributed by atoms with van der Waals surface area (Å²) in [6.07, 6.45) is 1.06. The molecule has 2 nitrogen and oxygen atoms in total. The van der Waals surface area contributed by atoms with Gasteiger partial charge in [0.25, 0.3) is 0 Å². The zero-order valence-electron chi connectivity index (χ0n) is 9.77. The number of hydrogen-bond acceptors (Lipinski definition) is 2. The monoisotopic (exact) mass is 258 g/mol. The molecule has 1 aliphatic heterocycles. The average molecular weight is 259 g/mol. The zero-order chi connectivity index (χ0) is 11.9. The molecule has 0 aliphatic carbocycles. The van der Waals surface area contributed by atoms with E-state index in [0.29, 0.717) is 10.0 Å². The van der Waals surface area contributed by atoms with Crippen molar-refractivity contribution in [2.75, 3.05) is 25.5 Å². The van der Waals surface area contributed by atoms with Crippen LogP contribution in [0, 0.1) is 0 Å². The van der Waals surface area contributed by atoms with Crippen LogP contribution >= 0.6 is 23.2 Å². The number of benzene rings is 1. The number of fused-ring (bicyclic) bond motifs is 1. The number of rotatable bonds is 1. The van der Waals surface area contributed by atoms with Crippen molar-refractivity contribution in [3.05, 3.63) is 27.7 Å². The van der Waals surface area contributed by atoms with Gasteiger partial charge in [0.15, 0.2) is 0 Å². The Balaban J connectivity index is 2.65. The van der Waals surface area contributed by atoms with Gasteiger partial charge >= 0.3 is 0 Å². The summed E-state index contributed by atoms with van der Waals surface area (Å²) in [4.78, 5) is 2.17. The lowest BCUT2D eigenvalue weighted by Gasteiger charge is -2.41. The molecule has 1 aliphatic rings. The van der Waals surface area contributed by atoms with Crippen LogP contribution in [0.25, 0.3) is 0 Å². The molecular formula is C12H16Cl2N2. The number of anilines is 1. The van der Waals surface area contributed by atoms with Gasteiger partial charge in [-0.1, -0.05) is 29.3 Å². The minimum absolute atomic E-state index is 0.0178. The molecule has 1 unspecified atom stereocenters. The summed E-state index contributed by atoms with van der Waals surface area (Å²) < 4.78 is 0. The van der Waals surface area contributed by atoms with Gasteiger partial charge in [-0.25, -0.2) is 0 Å². The molecule has 0 aromatic heterocycles. The summed E-state index contributed by atoms with van der Waals surface area (Å²) in [5, 5.41) is 4.65. The van der Waals surface area contributed by atoms with Crippen LogP contribution in [0.2, 0.25) is 10.0 Å². The third kappa shape index (κ3) is 1.69. The van der Waals surface area contributed by atoms with E-state index in [9.17, 15) is 0 Å². The number of halogens is 2. The first-order valence-corrected chi connectivity index (χ1v) is 6.14. The highest BCUT2D eigenvalue weighted by Crippen LogP contribution is 2.44. The molecule has 2 rings (SSSR count). The molecule has 0 saturated heterocycles. The second-order valence-corrected chi connectivity index (χ2v) is 5.30. The topological polar surface area (TPSA) is 15.3 Å². The lowest BCUT2D eigenvalue weighted by atomic mass is 9.84. The molecule has 1 N–H and O–H groups in total. The van der Waals surface area contributed by atoms with Gasteiger partial charge < -0.3 is 10.2 Å². The van der Waals surface area contributed by atoms with Crippen LogP contribution in [0.4, 0.5) is 5.69 Å². The number of hydrogen-bond donors (Lipinski definition) is 1. The highest BCUT2D eigenvalue weighted by Gasteiger charge is 2.34. The van der Waals surface area contributed by atoms with Crippen molar-refractivity contribution in [3.8, 4) is 0 Å². The minimum atomic E-state index is -0.0178. The fourth-order valence-corrected chi connectivity index (χ4v) is 2.72. The van der Waals surface area contributed by atoms with E-state index in [1.165, 1.54) is 5.56 Å². The van der Waals surface area contributed by atoms with Gasteiger partial charge in [-0.05, 0) is 32.0 Å². The van der Waals surface area contributed by atoms with E-state index in [1.807, 2.05) is 13.1 Å². The van der Waals surface area contributed by atoms with Crippen molar-refractivity contribution < 1.29 is 0 Å². The van der Waals surface area contributed by atoms with E-state index in [0.717, 1.165) is 18.7 Å². The molecular weight excluding hydrogens is 243 g/mol. The molecule has 0 fully saturated rings. The first-order valence-electron chi connectivity index (χ1n) is 5.38. The minimum Gasteiger partial charge on any atom is -0.373 e. The third-order valence-corrected chi connectivity index (χ3v) is 4.34. The molecule has 16 heavy (non-hydrogen) atoms. The molecule has 1 aromatic rings. The Kier molecular flexibility index (Phi) is 3.08. The van der Waals surface area contributed by atoms with Crippen molar-refractivity contribution in [1.82, 2.24) is 5.32 Å². The van der Waals surface area contributed by atoms with Gasteiger partial charge in [-0.2, -0.15) is 0 Å². The predicted octanol–water partition coefficient (Wildman–Crippen LogP) is 3.27. The van der Waals surface area contributed by atoms with Crippen molar-refractivity contribution in [3.63, 3.8) is 0 Å². The summed E-state index contributed by atoms with van der Waals surface area (Å²) in [6, 6.07) is 3.94. The lowest BCUT2D eigenvalue weighted by Crippen LogP contribution is -2.45. The summed E-state index contributed by atoms with van der Waals surface area (Å²) >= 11 is 12.4. The lowest BCUT2D eigenvalue weighted by molar-refractivity contribution is 0.359. The van der Waals surface area contributed by atoms with E-state index >= 15 is 0 Å². The summed E-state index contributed by atoms with van der Waals surface area (Å²) in [6.45, 7) is 3.17. The van der Waals surface area contributed by atoms with Crippen molar-refractivity contribution >= 4 is 28.9 Å². The van der Waals surface area contributed by atoms with Crippen molar-refractivity contribution in [2.24, 2.45) is 0 Å². The van der Waals surface area contributed by atoms with E-state index in [1.54, 1.807) is 0 Å². The molecule has 0 spiro atoms. The molecule has 4 heteroatoms. The fraction of sp³-hybridized carbons (Fsp3) is 0.500. The highest BCUT2D eigenvalue weighted by molar-refractivity contribution is 6.43.